The lowest BCUT2D eigenvalue weighted by Crippen LogP contribution is -2.51. The Morgan fingerprint density at radius 3 is 2.59 bits per heavy atom. The van der Waals surface area contributed by atoms with Crippen LogP contribution in [0.3, 0.4) is 0 Å². The molecule has 0 aliphatic carbocycles. The normalized spacial score (nSPS) is 24.9. The topological polar surface area (TPSA) is 39.7 Å². The Morgan fingerprint density at radius 1 is 1.29 bits per heavy atom. The van der Waals surface area contributed by atoms with Crippen molar-refractivity contribution >= 4 is 0 Å². The molecule has 0 aromatic carbocycles. The highest BCUT2D eigenvalue weighted by Gasteiger charge is 2.28. The van der Waals surface area contributed by atoms with Crippen molar-refractivity contribution in [1.29, 1.82) is 0 Å². The van der Waals surface area contributed by atoms with Gasteiger partial charge < -0.3 is 19.5 Å². The zero-order chi connectivity index (χ0) is 12.9. The van der Waals surface area contributed by atoms with Crippen LogP contribution in [0.15, 0.2) is 0 Å². The third kappa shape index (κ3) is 6.99. The van der Waals surface area contributed by atoms with E-state index in [1.165, 1.54) is 0 Å². The highest BCUT2D eigenvalue weighted by molar-refractivity contribution is 4.81. The summed E-state index contributed by atoms with van der Waals surface area (Å²) < 4.78 is 17.0. The van der Waals surface area contributed by atoms with Gasteiger partial charge in [-0.25, -0.2) is 0 Å². The fourth-order valence-electron chi connectivity index (χ4n) is 1.78. The number of nitrogens with one attached hydrogen (secondary N) is 1. The first kappa shape index (κ1) is 14.9. The molecular weight excluding hydrogens is 218 g/mol. The zero-order valence-corrected chi connectivity index (χ0v) is 11.8. The first-order valence-electron chi connectivity index (χ1n) is 6.39. The second-order valence-corrected chi connectivity index (χ2v) is 6.17. The predicted octanol–water partition coefficient (Wildman–Crippen LogP) is 1.59. The summed E-state index contributed by atoms with van der Waals surface area (Å²) in [6, 6.07) is 0. The number of hydrogen-bond acceptors (Lipinski definition) is 4. The van der Waals surface area contributed by atoms with Gasteiger partial charge in [-0.2, -0.15) is 0 Å². The maximum Gasteiger partial charge on any atom is 0.0940 e. The molecule has 1 saturated heterocycles. The van der Waals surface area contributed by atoms with E-state index >= 15 is 0 Å². The summed E-state index contributed by atoms with van der Waals surface area (Å²) in [5.41, 5.74) is -0.178. The summed E-state index contributed by atoms with van der Waals surface area (Å²) in [7, 11) is 0. The maximum atomic E-state index is 5.89. The van der Waals surface area contributed by atoms with E-state index in [0.29, 0.717) is 19.8 Å². The van der Waals surface area contributed by atoms with Gasteiger partial charge >= 0.3 is 0 Å². The Hall–Kier alpha value is -0.160. The van der Waals surface area contributed by atoms with Gasteiger partial charge in [0.2, 0.25) is 0 Å². The van der Waals surface area contributed by atoms with Crippen molar-refractivity contribution in [3.63, 3.8) is 0 Å². The summed E-state index contributed by atoms with van der Waals surface area (Å²) in [6.45, 7) is 14.0. The Labute approximate surface area is 105 Å². The molecule has 102 valence electrons. The number of morpholine rings is 1. The molecule has 1 atom stereocenters. The Morgan fingerprint density at radius 2 is 2.00 bits per heavy atom. The van der Waals surface area contributed by atoms with Crippen LogP contribution in [0.5, 0.6) is 0 Å². The quantitative estimate of drug-likeness (QED) is 0.747. The van der Waals surface area contributed by atoms with Gasteiger partial charge in [0, 0.05) is 13.1 Å². The summed E-state index contributed by atoms with van der Waals surface area (Å²) in [5.74, 6) is 0. The second-order valence-electron chi connectivity index (χ2n) is 6.17. The summed E-state index contributed by atoms with van der Waals surface area (Å²) in [6.07, 6.45) is 0.147. The van der Waals surface area contributed by atoms with Gasteiger partial charge in [0.05, 0.1) is 37.1 Å². The van der Waals surface area contributed by atoms with Crippen LogP contribution in [-0.4, -0.2) is 50.2 Å². The average Bonchev–Trinajstić information content (AvgIpc) is 2.13. The van der Waals surface area contributed by atoms with Crippen LogP contribution in [0, 0.1) is 0 Å². The molecule has 0 aromatic rings. The minimum Gasteiger partial charge on any atom is -0.376 e. The third-order valence-corrected chi connectivity index (χ3v) is 2.47. The van der Waals surface area contributed by atoms with Gasteiger partial charge in [-0.15, -0.1) is 0 Å². The number of rotatable bonds is 5. The molecule has 1 aliphatic heterocycles. The van der Waals surface area contributed by atoms with Crippen molar-refractivity contribution in [2.24, 2.45) is 0 Å². The van der Waals surface area contributed by atoms with Gasteiger partial charge in [0.1, 0.15) is 0 Å². The molecule has 0 spiro atoms. The molecule has 1 heterocycles. The standard InChI is InChI=1S/C13H27NO3/c1-12(2,3)16-7-6-15-9-11-8-14-10-13(4,5)17-11/h11,14H,6-10H2,1-5H3. The molecule has 17 heavy (non-hydrogen) atoms. The Kier molecular flexibility index (Phi) is 5.38. The molecule has 4 heteroatoms. The Balaban J connectivity index is 2.07. The molecule has 0 bridgehead atoms. The van der Waals surface area contributed by atoms with E-state index in [0.717, 1.165) is 13.1 Å². The van der Waals surface area contributed by atoms with Crippen molar-refractivity contribution < 1.29 is 14.2 Å². The van der Waals surface area contributed by atoms with E-state index in [2.05, 4.69) is 19.2 Å². The van der Waals surface area contributed by atoms with Crippen molar-refractivity contribution in [3.05, 3.63) is 0 Å². The van der Waals surface area contributed by atoms with Crippen LogP contribution in [0.4, 0.5) is 0 Å². The van der Waals surface area contributed by atoms with Crippen LogP contribution < -0.4 is 5.32 Å². The molecular formula is C13H27NO3. The van der Waals surface area contributed by atoms with E-state index < -0.39 is 0 Å². The van der Waals surface area contributed by atoms with Crippen LogP contribution in [0.1, 0.15) is 34.6 Å². The smallest absolute Gasteiger partial charge is 0.0940 e. The van der Waals surface area contributed by atoms with Crippen LogP contribution in [0.25, 0.3) is 0 Å². The van der Waals surface area contributed by atoms with Crippen LogP contribution >= 0.6 is 0 Å². The molecule has 0 saturated carbocycles. The first-order chi connectivity index (χ1) is 7.79. The van der Waals surface area contributed by atoms with Crippen molar-refractivity contribution in [2.75, 3.05) is 32.9 Å². The molecule has 0 radical (unpaired) electrons. The lowest BCUT2D eigenvalue weighted by atomic mass is 10.1. The molecule has 1 aliphatic rings. The fraction of sp³-hybridized carbons (Fsp3) is 1.00. The lowest BCUT2D eigenvalue weighted by Gasteiger charge is -2.36. The van der Waals surface area contributed by atoms with Crippen LogP contribution in [-0.2, 0) is 14.2 Å². The molecule has 0 amide bonds. The molecule has 1 N–H and O–H groups in total. The summed E-state index contributed by atoms with van der Waals surface area (Å²) in [5, 5.41) is 3.35. The van der Waals surface area contributed by atoms with Crippen LogP contribution in [0.2, 0.25) is 0 Å². The second kappa shape index (κ2) is 6.14. The molecule has 1 unspecified atom stereocenters. The van der Waals surface area contributed by atoms with Gasteiger partial charge in [-0.1, -0.05) is 0 Å². The average molecular weight is 245 g/mol. The largest absolute Gasteiger partial charge is 0.376 e. The molecule has 1 fully saturated rings. The van der Waals surface area contributed by atoms with E-state index in [9.17, 15) is 0 Å². The molecule has 1 rings (SSSR count). The molecule has 0 aromatic heterocycles. The highest BCUT2D eigenvalue weighted by atomic mass is 16.6. The minimum absolute atomic E-state index is 0.0890. The van der Waals surface area contributed by atoms with E-state index in [1.807, 2.05) is 20.8 Å². The molecule has 4 nitrogen and oxygen atoms in total. The lowest BCUT2D eigenvalue weighted by molar-refractivity contribution is -0.126. The van der Waals surface area contributed by atoms with E-state index in [-0.39, 0.29) is 17.3 Å². The maximum absolute atomic E-state index is 5.89. The summed E-state index contributed by atoms with van der Waals surface area (Å²) >= 11 is 0. The number of hydrogen-bond donors (Lipinski definition) is 1. The SMILES string of the molecule is CC(C)(C)OCCOCC1CNCC(C)(C)O1. The van der Waals surface area contributed by atoms with E-state index in [1.54, 1.807) is 0 Å². The Bertz CT molecular complexity index is 223. The van der Waals surface area contributed by atoms with Crippen molar-refractivity contribution in [2.45, 2.75) is 51.9 Å². The van der Waals surface area contributed by atoms with Crippen molar-refractivity contribution in [3.8, 4) is 0 Å². The highest BCUT2D eigenvalue weighted by Crippen LogP contribution is 2.15. The predicted molar refractivity (Wildman–Crippen MR) is 68.3 cm³/mol. The van der Waals surface area contributed by atoms with Gasteiger partial charge in [-0.05, 0) is 34.6 Å². The van der Waals surface area contributed by atoms with Crippen molar-refractivity contribution in [1.82, 2.24) is 5.32 Å². The van der Waals surface area contributed by atoms with Gasteiger partial charge in [-0.3, -0.25) is 0 Å². The third-order valence-electron chi connectivity index (χ3n) is 2.47. The summed E-state index contributed by atoms with van der Waals surface area (Å²) in [4.78, 5) is 0. The van der Waals surface area contributed by atoms with Gasteiger partial charge in [0.15, 0.2) is 0 Å². The first-order valence-corrected chi connectivity index (χ1v) is 6.39. The fourth-order valence-corrected chi connectivity index (χ4v) is 1.78. The zero-order valence-electron chi connectivity index (χ0n) is 11.8. The monoisotopic (exact) mass is 245 g/mol. The number of ether oxygens (including phenoxy) is 3. The minimum atomic E-state index is -0.0891. The van der Waals surface area contributed by atoms with E-state index in [4.69, 9.17) is 14.2 Å². The van der Waals surface area contributed by atoms with Gasteiger partial charge in [0.25, 0.3) is 0 Å².